The van der Waals surface area contributed by atoms with Gasteiger partial charge in [-0.25, -0.2) is 4.98 Å². The van der Waals surface area contributed by atoms with Gasteiger partial charge in [-0.3, -0.25) is 0 Å². The minimum atomic E-state index is 0.695. The van der Waals surface area contributed by atoms with Gasteiger partial charge in [0.05, 0.1) is 11.9 Å². The van der Waals surface area contributed by atoms with Crippen molar-refractivity contribution in [1.82, 2.24) is 4.98 Å². The highest BCUT2D eigenvalue weighted by Gasteiger charge is 2.01. The van der Waals surface area contributed by atoms with Crippen LogP contribution in [0.25, 0.3) is 0 Å². The molecule has 1 aromatic heterocycles. The molecule has 0 unspecified atom stereocenters. The molecule has 20 heavy (non-hydrogen) atoms. The number of pyridine rings is 1. The fourth-order valence-corrected chi connectivity index (χ4v) is 2.23. The maximum atomic E-state index is 5.70. The second-order valence-corrected chi connectivity index (χ2v) is 5.70. The monoisotopic (exact) mass is 269 g/mol. The van der Waals surface area contributed by atoms with Crippen LogP contribution in [-0.2, 0) is 13.0 Å². The van der Waals surface area contributed by atoms with Gasteiger partial charge in [0.25, 0.3) is 0 Å². The minimum absolute atomic E-state index is 0.695. The Morgan fingerprint density at radius 3 is 2.40 bits per heavy atom. The number of nitrogens with two attached hydrogens (primary N) is 1. The smallest absolute Gasteiger partial charge is 0.129 e. The molecule has 0 aliphatic carbocycles. The number of nitrogens with zero attached hydrogens (tertiary/aromatic N) is 1. The summed E-state index contributed by atoms with van der Waals surface area (Å²) in [5.41, 5.74) is 10.1. The van der Waals surface area contributed by atoms with Gasteiger partial charge >= 0.3 is 0 Å². The van der Waals surface area contributed by atoms with Crippen LogP contribution in [0.1, 0.15) is 30.5 Å². The second kappa shape index (κ2) is 6.42. The molecule has 0 aliphatic rings. The summed E-state index contributed by atoms with van der Waals surface area (Å²) in [5, 5.41) is 3.35. The quantitative estimate of drug-likeness (QED) is 0.868. The lowest BCUT2D eigenvalue weighted by Gasteiger charge is -2.10. The SMILES string of the molecule is Cc1cc(N)cnc1NCc1ccc(CC(C)C)cc1. The van der Waals surface area contributed by atoms with Crippen molar-refractivity contribution in [1.29, 1.82) is 0 Å². The van der Waals surface area contributed by atoms with Gasteiger partial charge < -0.3 is 11.1 Å². The molecule has 0 saturated carbocycles. The first-order valence-electron chi connectivity index (χ1n) is 7.08. The fraction of sp³-hybridized carbons (Fsp3) is 0.353. The van der Waals surface area contributed by atoms with E-state index in [0.29, 0.717) is 11.6 Å². The largest absolute Gasteiger partial charge is 0.397 e. The Labute approximate surface area is 121 Å². The molecule has 0 fully saturated rings. The van der Waals surface area contributed by atoms with Gasteiger partial charge in [0.15, 0.2) is 0 Å². The van der Waals surface area contributed by atoms with E-state index >= 15 is 0 Å². The number of aryl methyl sites for hydroxylation is 1. The fourth-order valence-electron chi connectivity index (χ4n) is 2.23. The molecule has 3 N–H and O–H groups in total. The molecule has 2 rings (SSSR count). The number of rotatable bonds is 5. The molecule has 3 heteroatoms. The third-order valence-corrected chi connectivity index (χ3v) is 3.23. The second-order valence-electron chi connectivity index (χ2n) is 5.70. The molecule has 0 bridgehead atoms. The summed E-state index contributed by atoms with van der Waals surface area (Å²) >= 11 is 0. The first-order chi connectivity index (χ1) is 9.54. The molecule has 0 spiro atoms. The average Bonchev–Trinajstić information content (AvgIpc) is 2.39. The Morgan fingerprint density at radius 2 is 1.80 bits per heavy atom. The zero-order valence-electron chi connectivity index (χ0n) is 12.5. The normalized spacial score (nSPS) is 10.8. The lowest BCUT2D eigenvalue weighted by molar-refractivity contribution is 0.647. The third kappa shape index (κ3) is 3.98. The Balaban J connectivity index is 1.96. The molecule has 0 aliphatic heterocycles. The molecule has 0 radical (unpaired) electrons. The van der Waals surface area contributed by atoms with Crippen molar-refractivity contribution in [2.75, 3.05) is 11.1 Å². The first-order valence-corrected chi connectivity index (χ1v) is 7.08. The number of nitrogen functional groups attached to an aromatic ring is 1. The summed E-state index contributed by atoms with van der Waals surface area (Å²) in [5.74, 6) is 1.59. The van der Waals surface area contributed by atoms with Crippen LogP contribution < -0.4 is 11.1 Å². The summed E-state index contributed by atoms with van der Waals surface area (Å²) in [6.45, 7) is 7.27. The van der Waals surface area contributed by atoms with E-state index in [0.717, 1.165) is 24.3 Å². The highest BCUT2D eigenvalue weighted by Crippen LogP contribution is 2.15. The van der Waals surface area contributed by atoms with Gasteiger partial charge in [-0.1, -0.05) is 38.1 Å². The summed E-state index contributed by atoms with van der Waals surface area (Å²) in [4.78, 5) is 4.31. The zero-order chi connectivity index (χ0) is 14.5. The lowest BCUT2D eigenvalue weighted by Crippen LogP contribution is -2.04. The molecule has 0 amide bonds. The van der Waals surface area contributed by atoms with Crippen molar-refractivity contribution in [2.45, 2.75) is 33.7 Å². The molecule has 1 heterocycles. The van der Waals surface area contributed by atoms with Crippen LogP contribution >= 0.6 is 0 Å². The molecule has 3 nitrogen and oxygen atoms in total. The van der Waals surface area contributed by atoms with E-state index < -0.39 is 0 Å². The Hall–Kier alpha value is -2.03. The predicted molar refractivity (Wildman–Crippen MR) is 85.7 cm³/mol. The van der Waals surface area contributed by atoms with Crippen LogP contribution in [-0.4, -0.2) is 4.98 Å². The van der Waals surface area contributed by atoms with Crippen LogP contribution in [0, 0.1) is 12.8 Å². The summed E-state index contributed by atoms with van der Waals surface area (Å²) in [6.07, 6.45) is 2.81. The number of hydrogen-bond donors (Lipinski definition) is 2. The highest BCUT2D eigenvalue weighted by atomic mass is 15.0. The number of benzene rings is 1. The maximum Gasteiger partial charge on any atom is 0.129 e. The van der Waals surface area contributed by atoms with Crippen molar-refractivity contribution in [2.24, 2.45) is 5.92 Å². The van der Waals surface area contributed by atoms with Crippen molar-refractivity contribution in [3.05, 3.63) is 53.2 Å². The van der Waals surface area contributed by atoms with Crippen LogP contribution in [0.3, 0.4) is 0 Å². The van der Waals surface area contributed by atoms with Crippen LogP contribution in [0.2, 0.25) is 0 Å². The first kappa shape index (κ1) is 14.4. The van der Waals surface area contributed by atoms with Crippen molar-refractivity contribution in [3.8, 4) is 0 Å². The van der Waals surface area contributed by atoms with E-state index in [2.05, 4.69) is 48.4 Å². The van der Waals surface area contributed by atoms with Crippen LogP contribution in [0.5, 0.6) is 0 Å². The summed E-state index contributed by atoms with van der Waals surface area (Å²) in [7, 11) is 0. The van der Waals surface area contributed by atoms with Gasteiger partial charge in [-0.2, -0.15) is 0 Å². The van der Waals surface area contributed by atoms with E-state index in [1.165, 1.54) is 11.1 Å². The standard InChI is InChI=1S/C17H23N3/c1-12(2)8-14-4-6-15(7-5-14)10-19-17-13(3)9-16(18)11-20-17/h4-7,9,11-12H,8,10,18H2,1-3H3,(H,19,20). The van der Waals surface area contributed by atoms with Crippen LogP contribution in [0.4, 0.5) is 11.5 Å². The maximum absolute atomic E-state index is 5.70. The molecule has 0 atom stereocenters. The molecule has 2 aromatic rings. The average molecular weight is 269 g/mol. The number of aromatic nitrogens is 1. The van der Waals surface area contributed by atoms with E-state index in [1.54, 1.807) is 6.20 Å². The summed E-state index contributed by atoms with van der Waals surface area (Å²) in [6, 6.07) is 10.7. The van der Waals surface area contributed by atoms with Gasteiger partial charge in [0.2, 0.25) is 0 Å². The van der Waals surface area contributed by atoms with Gasteiger partial charge in [0, 0.05) is 6.54 Å². The Morgan fingerprint density at radius 1 is 1.15 bits per heavy atom. The van der Waals surface area contributed by atoms with Gasteiger partial charge in [-0.15, -0.1) is 0 Å². The molecular formula is C17H23N3. The van der Waals surface area contributed by atoms with Gasteiger partial charge in [-0.05, 0) is 42.0 Å². The van der Waals surface area contributed by atoms with Crippen molar-refractivity contribution >= 4 is 11.5 Å². The van der Waals surface area contributed by atoms with E-state index in [4.69, 9.17) is 5.73 Å². The minimum Gasteiger partial charge on any atom is -0.397 e. The predicted octanol–water partition coefficient (Wildman–Crippen LogP) is 3.78. The van der Waals surface area contributed by atoms with Crippen molar-refractivity contribution < 1.29 is 0 Å². The summed E-state index contributed by atoms with van der Waals surface area (Å²) < 4.78 is 0. The van der Waals surface area contributed by atoms with E-state index in [1.807, 2.05) is 13.0 Å². The Bertz CT molecular complexity index is 559. The highest BCUT2D eigenvalue weighted by molar-refractivity contribution is 5.51. The number of anilines is 2. The zero-order valence-corrected chi connectivity index (χ0v) is 12.5. The van der Waals surface area contributed by atoms with Crippen molar-refractivity contribution in [3.63, 3.8) is 0 Å². The molecule has 1 aromatic carbocycles. The van der Waals surface area contributed by atoms with E-state index in [-0.39, 0.29) is 0 Å². The topological polar surface area (TPSA) is 50.9 Å². The molecular weight excluding hydrogens is 246 g/mol. The van der Waals surface area contributed by atoms with E-state index in [9.17, 15) is 0 Å². The third-order valence-electron chi connectivity index (χ3n) is 3.23. The lowest BCUT2D eigenvalue weighted by atomic mass is 10.0. The van der Waals surface area contributed by atoms with Crippen LogP contribution in [0.15, 0.2) is 36.5 Å². The Kier molecular flexibility index (Phi) is 4.61. The molecule has 106 valence electrons. The molecule has 0 saturated heterocycles. The number of nitrogens with one attached hydrogen (secondary N) is 1. The van der Waals surface area contributed by atoms with Gasteiger partial charge in [0.1, 0.15) is 5.82 Å². The number of hydrogen-bond acceptors (Lipinski definition) is 3.